The molecule has 2 nitrogen and oxygen atoms in total. The summed E-state index contributed by atoms with van der Waals surface area (Å²) in [7, 11) is 0. The molecule has 1 N–H and O–H groups in total. The highest BCUT2D eigenvalue weighted by atomic mass is 16.3. The molecule has 1 heterocycles. The summed E-state index contributed by atoms with van der Waals surface area (Å²) in [6.07, 6.45) is 8.66. The second kappa shape index (κ2) is 5.70. The Morgan fingerprint density at radius 2 is 1.89 bits per heavy atom. The molecule has 1 atom stereocenters. The number of aliphatic hydroxyl groups is 1. The Morgan fingerprint density at radius 3 is 2.74 bits per heavy atom. The van der Waals surface area contributed by atoms with Gasteiger partial charge in [0.2, 0.25) is 0 Å². The lowest BCUT2D eigenvalue weighted by Crippen LogP contribution is -2.25. The number of hydrogen-bond acceptors (Lipinski definition) is 2. The summed E-state index contributed by atoms with van der Waals surface area (Å²) in [6.45, 7) is 0. The summed E-state index contributed by atoms with van der Waals surface area (Å²) in [4.78, 5) is 4.38. The molecule has 100 valence electrons. The number of aromatic nitrogens is 1. The number of pyridine rings is 1. The quantitative estimate of drug-likeness (QED) is 0.906. The van der Waals surface area contributed by atoms with Crippen LogP contribution in [0.15, 0.2) is 36.5 Å². The highest BCUT2D eigenvalue weighted by Crippen LogP contribution is 2.29. The molecule has 1 aliphatic carbocycles. The van der Waals surface area contributed by atoms with Crippen molar-refractivity contribution in [2.24, 2.45) is 5.92 Å². The van der Waals surface area contributed by atoms with Crippen LogP contribution in [-0.4, -0.2) is 16.2 Å². The minimum Gasteiger partial charge on any atom is -0.392 e. The van der Waals surface area contributed by atoms with Gasteiger partial charge in [-0.05, 0) is 42.9 Å². The molecule has 3 rings (SSSR count). The molecule has 0 bridgehead atoms. The van der Waals surface area contributed by atoms with Crippen LogP contribution in [0.4, 0.5) is 0 Å². The van der Waals surface area contributed by atoms with Crippen molar-refractivity contribution in [2.45, 2.75) is 44.6 Å². The maximum Gasteiger partial charge on any atom is 0.0704 e. The average Bonchev–Trinajstić information content (AvgIpc) is 2.48. The minimum atomic E-state index is -0.203. The zero-order chi connectivity index (χ0) is 13.1. The summed E-state index contributed by atoms with van der Waals surface area (Å²) in [5, 5.41) is 11.6. The number of rotatable bonds is 3. The molecule has 1 aromatic heterocycles. The van der Waals surface area contributed by atoms with Gasteiger partial charge >= 0.3 is 0 Å². The van der Waals surface area contributed by atoms with Crippen LogP contribution >= 0.6 is 0 Å². The van der Waals surface area contributed by atoms with E-state index in [1.165, 1.54) is 43.1 Å². The molecule has 0 amide bonds. The van der Waals surface area contributed by atoms with Crippen LogP contribution < -0.4 is 0 Å². The van der Waals surface area contributed by atoms with Crippen molar-refractivity contribution in [1.82, 2.24) is 4.98 Å². The molecule has 19 heavy (non-hydrogen) atoms. The topological polar surface area (TPSA) is 33.1 Å². The van der Waals surface area contributed by atoms with Crippen LogP contribution in [0.3, 0.4) is 0 Å². The fraction of sp³-hybridized carbons (Fsp3) is 0.471. The molecule has 2 heteroatoms. The van der Waals surface area contributed by atoms with Crippen molar-refractivity contribution in [3.05, 3.63) is 42.1 Å². The van der Waals surface area contributed by atoms with Crippen molar-refractivity contribution in [1.29, 1.82) is 0 Å². The van der Waals surface area contributed by atoms with Crippen molar-refractivity contribution in [3.8, 4) is 0 Å². The van der Waals surface area contributed by atoms with E-state index in [9.17, 15) is 5.11 Å². The molecule has 1 unspecified atom stereocenters. The van der Waals surface area contributed by atoms with E-state index >= 15 is 0 Å². The number of nitrogens with zero attached hydrogens (tertiary/aromatic N) is 1. The van der Waals surface area contributed by atoms with Crippen molar-refractivity contribution in [3.63, 3.8) is 0 Å². The average molecular weight is 255 g/mol. The molecule has 1 saturated carbocycles. The first-order valence-corrected chi connectivity index (χ1v) is 7.35. The van der Waals surface area contributed by atoms with Gasteiger partial charge in [-0.3, -0.25) is 4.98 Å². The fourth-order valence-corrected chi connectivity index (χ4v) is 3.24. The van der Waals surface area contributed by atoms with Gasteiger partial charge in [-0.15, -0.1) is 0 Å². The summed E-state index contributed by atoms with van der Waals surface area (Å²) < 4.78 is 0. The van der Waals surface area contributed by atoms with Crippen LogP contribution in [0.5, 0.6) is 0 Å². The first kappa shape index (κ1) is 12.6. The molecule has 0 aliphatic heterocycles. The van der Waals surface area contributed by atoms with E-state index < -0.39 is 0 Å². The van der Waals surface area contributed by atoms with E-state index in [4.69, 9.17) is 0 Å². The zero-order valence-electron chi connectivity index (χ0n) is 11.3. The molecule has 0 spiro atoms. The van der Waals surface area contributed by atoms with E-state index in [0.717, 1.165) is 11.9 Å². The van der Waals surface area contributed by atoms with Crippen LogP contribution in [0, 0.1) is 5.92 Å². The number of aliphatic hydroxyl groups excluding tert-OH is 1. The van der Waals surface area contributed by atoms with E-state index in [-0.39, 0.29) is 6.10 Å². The van der Waals surface area contributed by atoms with Crippen LogP contribution in [0.25, 0.3) is 10.9 Å². The highest BCUT2D eigenvalue weighted by Gasteiger charge is 2.22. The van der Waals surface area contributed by atoms with Crippen molar-refractivity contribution >= 4 is 10.9 Å². The van der Waals surface area contributed by atoms with Crippen LogP contribution in [0.2, 0.25) is 0 Å². The van der Waals surface area contributed by atoms with E-state index in [1.807, 2.05) is 30.5 Å². The molecule has 0 radical (unpaired) electrons. The largest absolute Gasteiger partial charge is 0.392 e. The summed E-state index contributed by atoms with van der Waals surface area (Å²) in [6, 6.07) is 10.2. The van der Waals surface area contributed by atoms with Crippen molar-refractivity contribution < 1.29 is 5.11 Å². The van der Waals surface area contributed by atoms with E-state index in [1.54, 1.807) is 0 Å². The molecular formula is C17H21NO. The third-order valence-corrected chi connectivity index (χ3v) is 4.36. The maximum atomic E-state index is 10.5. The summed E-state index contributed by atoms with van der Waals surface area (Å²) >= 11 is 0. The fourth-order valence-electron chi connectivity index (χ4n) is 3.24. The second-order valence-corrected chi connectivity index (χ2v) is 5.66. The maximum absolute atomic E-state index is 10.5. The predicted molar refractivity (Wildman–Crippen MR) is 78.0 cm³/mol. The molecule has 1 fully saturated rings. The second-order valence-electron chi connectivity index (χ2n) is 5.66. The third kappa shape index (κ3) is 2.79. The number of fused-ring (bicyclic) bond motifs is 1. The monoisotopic (exact) mass is 255 g/mol. The summed E-state index contributed by atoms with van der Waals surface area (Å²) in [5.74, 6) is 0.487. The van der Waals surface area contributed by atoms with E-state index in [2.05, 4.69) is 11.1 Å². The van der Waals surface area contributed by atoms with Crippen LogP contribution in [-0.2, 0) is 6.42 Å². The summed E-state index contributed by atoms with van der Waals surface area (Å²) in [5.41, 5.74) is 2.25. The van der Waals surface area contributed by atoms with Gasteiger partial charge in [0, 0.05) is 11.6 Å². The Labute approximate surface area is 114 Å². The molecule has 1 aromatic carbocycles. The highest BCUT2D eigenvalue weighted by molar-refractivity contribution is 5.81. The first-order valence-electron chi connectivity index (χ1n) is 7.35. The van der Waals surface area contributed by atoms with Gasteiger partial charge in [0.05, 0.1) is 11.6 Å². The predicted octanol–water partition coefficient (Wildman–Crippen LogP) is 3.72. The molecule has 2 aromatic rings. The Bertz CT molecular complexity index is 540. The Morgan fingerprint density at radius 1 is 1.11 bits per heavy atom. The number of para-hydroxylation sites is 1. The Kier molecular flexibility index (Phi) is 3.79. The van der Waals surface area contributed by atoms with Gasteiger partial charge in [0.25, 0.3) is 0 Å². The van der Waals surface area contributed by atoms with Crippen molar-refractivity contribution in [2.75, 3.05) is 0 Å². The lowest BCUT2D eigenvalue weighted by molar-refractivity contribution is 0.0854. The normalized spacial score (nSPS) is 18.6. The Hall–Kier alpha value is -1.41. The van der Waals surface area contributed by atoms with Gasteiger partial charge in [0.1, 0.15) is 0 Å². The number of benzene rings is 1. The Balaban J connectivity index is 1.80. The SMILES string of the molecule is OC(Cc1ccnc2ccccc12)C1CCCCC1. The minimum absolute atomic E-state index is 0.203. The molecule has 0 saturated heterocycles. The lowest BCUT2D eigenvalue weighted by atomic mass is 9.83. The first-order chi connectivity index (χ1) is 9.34. The van der Waals surface area contributed by atoms with Gasteiger partial charge < -0.3 is 5.11 Å². The van der Waals surface area contributed by atoms with Gasteiger partial charge in [0.15, 0.2) is 0 Å². The van der Waals surface area contributed by atoms with Gasteiger partial charge in [-0.2, -0.15) is 0 Å². The van der Waals surface area contributed by atoms with E-state index in [0.29, 0.717) is 5.92 Å². The zero-order valence-corrected chi connectivity index (χ0v) is 11.3. The molecular weight excluding hydrogens is 234 g/mol. The van der Waals surface area contributed by atoms with Crippen LogP contribution in [0.1, 0.15) is 37.7 Å². The van der Waals surface area contributed by atoms with Gasteiger partial charge in [-0.1, -0.05) is 37.5 Å². The molecule has 1 aliphatic rings. The standard InChI is InChI=1S/C17H21NO/c19-17(13-6-2-1-3-7-13)12-14-10-11-18-16-9-5-4-8-15(14)16/h4-5,8-11,13,17,19H,1-3,6-7,12H2. The van der Waals surface area contributed by atoms with Gasteiger partial charge in [-0.25, -0.2) is 0 Å². The number of hydrogen-bond donors (Lipinski definition) is 1. The third-order valence-electron chi connectivity index (χ3n) is 4.36. The lowest BCUT2D eigenvalue weighted by Gasteiger charge is -2.26. The smallest absolute Gasteiger partial charge is 0.0704 e.